The molecule has 0 radical (unpaired) electrons. The molecule has 0 aromatic heterocycles. The molecule has 14 nitrogen and oxygen atoms in total. The van der Waals surface area contributed by atoms with E-state index in [0.29, 0.717) is 34.3 Å². The second kappa shape index (κ2) is 19.6. The van der Waals surface area contributed by atoms with E-state index >= 15 is 0 Å². The summed E-state index contributed by atoms with van der Waals surface area (Å²) in [6.45, 7) is 9.27. The summed E-state index contributed by atoms with van der Waals surface area (Å²) in [6.07, 6.45) is 4.45. The average Bonchev–Trinajstić information content (AvgIpc) is 3.32. The molecule has 0 saturated heterocycles. The van der Waals surface area contributed by atoms with Gasteiger partial charge in [0.05, 0.1) is 36.0 Å². The molecule has 266 valence electrons. The van der Waals surface area contributed by atoms with Gasteiger partial charge in [0, 0.05) is 21.2 Å². The standard InChI is InChI=1S/C21H27NO5.C10H18N4O4S3/c1-5-26-20(24)27-18-17(16-12-13(2)6-7-14(16)3)19(23)22-21(18)10-8-15(25-4)9-11-21;1-7(19-5)11-17-9(15)13(3)21-14(4)10(16)18-12-8(2)20-6/h6-7,12,15H,5,8-11H2,1-4H3,(H,22,23);1-6H3/b;11-7-,12-8-/t15-,21+;. The van der Waals surface area contributed by atoms with Crippen molar-refractivity contribution in [1.82, 2.24) is 13.9 Å². The van der Waals surface area contributed by atoms with Crippen LogP contribution in [-0.4, -0.2) is 94.9 Å². The molecule has 0 bridgehead atoms. The molecule has 1 aromatic rings. The van der Waals surface area contributed by atoms with Crippen LogP contribution in [0.2, 0.25) is 0 Å². The fourth-order valence-electron chi connectivity index (χ4n) is 4.63. The minimum Gasteiger partial charge on any atom is -0.434 e. The summed E-state index contributed by atoms with van der Waals surface area (Å²) in [4.78, 5) is 57.7. The van der Waals surface area contributed by atoms with E-state index in [-0.39, 0.29) is 18.6 Å². The third kappa shape index (κ3) is 11.6. The van der Waals surface area contributed by atoms with E-state index in [4.69, 9.17) is 14.2 Å². The molecule has 3 amide bonds. The average molecular weight is 728 g/mol. The van der Waals surface area contributed by atoms with Crippen molar-refractivity contribution >= 4 is 75.6 Å². The Morgan fingerprint density at radius 2 is 1.52 bits per heavy atom. The number of carbonyl (C=O) groups is 4. The molecule has 3 rings (SSSR count). The number of carbonyl (C=O) groups excluding carboxylic acids is 4. The van der Waals surface area contributed by atoms with Gasteiger partial charge < -0.3 is 19.5 Å². The van der Waals surface area contributed by atoms with Gasteiger partial charge in [0.1, 0.15) is 15.8 Å². The van der Waals surface area contributed by atoms with Gasteiger partial charge in [-0.25, -0.2) is 23.0 Å². The number of nitrogens with one attached hydrogen (secondary N) is 1. The van der Waals surface area contributed by atoms with Crippen molar-refractivity contribution in [3.8, 4) is 0 Å². The number of amides is 3. The summed E-state index contributed by atoms with van der Waals surface area (Å²) in [5.41, 5.74) is 2.52. The highest BCUT2D eigenvalue weighted by molar-refractivity contribution is 8.13. The Balaban J connectivity index is 0.000000347. The van der Waals surface area contributed by atoms with Crippen LogP contribution in [0, 0.1) is 13.8 Å². The Kier molecular flexibility index (Phi) is 16.6. The maximum atomic E-state index is 13.0. The SMILES string of the molecule is CCOC(=O)OC1=C(c2cc(C)ccc2C)C(=O)N[C@]12CC[C@@H](OC)CC2.CS/C(C)=N\OC(=O)N(C)SN(C)C(=O)O/N=C(/C)SC. The lowest BCUT2D eigenvalue weighted by Gasteiger charge is -2.37. The Bertz CT molecular complexity index is 1370. The summed E-state index contributed by atoms with van der Waals surface area (Å²) in [6, 6.07) is 5.93. The topological polar surface area (TPSA) is 158 Å². The Morgan fingerprint density at radius 3 is 2.00 bits per heavy atom. The van der Waals surface area contributed by atoms with Crippen LogP contribution in [0.3, 0.4) is 0 Å². The number of ether oxygens (including phenoxy) is 3. The van der Waals surface area contributed by atoms with Crippen LogP contribution in [0.5, 0.6) is 0 Å². The van der Waals surface area contributed by atoms with Gasteiger partial charge in [-0.2, -0.15) is 0 Å². The predicted octanol–water partition coefficient (Wildman–Crippen LogP) is 6.72. The van der Waals surface area contributed by atoms with E-state index in [1.807, 2.05) is 44.6 Å². The second-order valence-corrected chi connectivity index (χ2v) is 14.0. The van der Waals surface area contributed by atoms with Crippen molar-refractivity contribution in [1.29, 1.82) is 0 Å². The van der Waals surface area contributed by atoms with Gasteiger partial charge in [-0.05, 0) is 83.9 Å². The van der Waals surface area contributed by atoms with E-state index in [0.717, 1.165) is 50.3 Å². The highest BCUT2D eigenvalue weighted by atomic mass is 32.2. The number of nitrogens with zero attached hydrogens (tertiary/aromatic N) is 4. The lowest BCUT2D eigenvalue weighted by molar-refractivity contribution is -0.116. The fourth-order valence-corrected chi connectivity index (χ4v) is 5.42. The number of benzene rings is 1. The summed E-state index contributed by atoms with van der Waals surface area (Å²) < 4.78 is 18.3. The molecule has 1 saturated carbocycles. The molecule has 1 aliphatic carbocycles. The maximum Gasteiger partial charge on any atom is 0.513 e. The van der Waals surface area contributed by atoms with Crippen LogP contribution >= 0.6 is 35.7 Å². The normalized spacial score (nSPS) is 19.2. The van der Waals surface area contributed by atoms with Crippen molar-refractivity contribution in [2.45, 2.75) is 71.9 Å². The minimum atomic E-state index is -0.778. The second-order valence-electron chi connectivity index (χ2n) is 10.7. The Hall–Kier alpha value is -3.41. The minimum absolute atomic E-state index is 0.154. The fraction of sp³-hybridized carbons (Fsp3) is 0.548. The van der Waals surface area contributed by atoms with Crippen LogP contribution < -0.4 is 5.32 Å². The smallest absolute Gasteiger partial charge is 0.434 e. The highest BCUT2D eigenvalue weighted by Crippen LogP contribution is 2.44. The number of oxime groups is 2. The number of aryl methyl sites for hydroxylation is 2. The molecular formula is C31H45N5O9S3. The van der Waals surface area contributed by atoms with Crippen LogP contribution in [-0.2, 0) is 28.7 Å². The van der Waals surface area contributed by atoms with Crippen LogP contribution in [0.4, 0.5) is 14.4 Å². The first kappa shape index (κ1) is 40.8. The lowest BCUT2D eigenvalue weighted by atomic mass is 9.79. The molecule has 17 heteroatoms. The predicted molar refractivity (Wildman–Crippen MR) is 190 cm³/mol. The number of rotatable bonds is 8. The number of thioether (sulfide) groups is 2. The first-order valence-corrected chi connectivity index (χ1v) is 18.2. The molecule has 1 N–H and O–H groups in total. The van der Waals surface area contributed by atoms with Crippen LogP contribution in [0.25, 0.3) is 5.57 Å². The highest BCUT2D eigenvalue weighted by Gasteiger charge is 2.50. The zero-order valence-corrected chi connectivity index (χ0v) is 31.5. The zero-order valence-electron chi connectivity index (χ0n) is 29.0. The Morgan fingerprint density at radius 1 is 0.979 bits per heavy atom. The van der Waals surface area contributed by atoms with Crippen LogP contribution in [0.1, 0.15) is 63.1 Å². The lowest BCUT2D eigenvalue weighted by Crippen LogP contribution is -2.49. The monoisotopic (exact) mass is 727 g/mol. The molecule has 0 atom stereocenters. The molecule has 1 aliphatic heterocycles. The molecule has 0 unspecified atom stereocenters. The molecule has 2 aliphatic rings. The van der Waals surface area contributed by atoms with E-state index in [1.165, 1.54) is 37.6 Å². The largest absolute Gasteiger partial charge is 0.513 e. The first-order chi connectivity index (χ1) is 22.7. The summed E-state index contributed by atoms with van der Waals surface area (Å²) in [7, 11) is 4.58. The summed E-state index contributed by atoms with van der Waals surface area (Å²) in [5.74, 6) is 0.174. The quantitative estimate of drug-likeness (QED) is 0.0754. The zero-order chi connectivity index (χ0) is 36.0. The van der Waals surface area contributed by atoms with Crippen molar-refractivity contribution in [2.24, 2.45) is 10.3 Å². The van der Waals surface area contributed by atoms with Crippen molar-refractivity contribution in [3.05, 3.63) is 40.6 Å². The van der Waals surface area contributed by atoms with Gasteiger partial charge >= 0.3 is 18.3 Å². The third-order valence-corrected chi connectivity index (χ3v) is 9.44. The van der Waals surface area contributed by atoms with Gasteiger partial charge in [0.2, 0.25) is 0 Å². The molecule has 1 heterocycles. The van der Waals surface area contributed by atoms with Crippen LogP contribution in [0.15, 0.2) is 34.3 Å². The maximum absolute atomic E-state index is 13.0. The van der Waals surface area contributed by atoms with Gasteiger partial charge in [-0.1, -0.05) is 34.1 Å². The number of hydrogen-bond acceptors (Lipinski definition) is 14. The van der Waals surface area contributed by atoms with Crippen molar-refractivity contribution < 1.29 is 43.1 Å². The molecule has 1 spiro atoms. The summed E-state index contributed by atoms with van der Waals surface area (Å²) in [5, 5.41) is 11.5. The van der Waals surface area contributed by atoms with E-state index in [9.17, 15) is 19.2 Å². The van der Waals surface area contributed by atoms with Gasteiger partial charge in [0.25, 0.3) is 5.91 Å². The van der Waals surface area contributed by atoms with Gasteiger partial charge in [0.15, 0.2) is 0 Å². The Labute approximate surface area is 294 Å². The van der Waals surface area contributed by atoms with E-state index in [1.54, 1.807) is 27.9 Å². The van der Waals surface area contributed by atoms with E-state index < -0.39 is 23.9 Å². The van der Waals surface area contributed by atoms with Crippen molar-refractivity contribution in [3.63, 3.8) is 0 Å². The molecule has 1 fully saturated rings. The molecular weight excluding hydrogens is 683 g/mol. The van der Waals surface area contributed by atoms with E-state index in [2.05, 4.69) is 25.3 Å². The van der Waals surface area contributed by atoms with Crippen molar-refractivity contribution in [2.75, 3.05) is 40.3 Å². The van der Waals surface area contributed by atoms with Gasteiger partial charge in [-0.15, -0.1) is 23.5 Å². The third-order valence-electron chi connectivity index (χ3n) is 7.33. The molecule has 48 heavy (non-hydrogen) atoms. The first-order valence-electron chi connectivity index (χ1n) is 15.0. The molecule has 1 aromatic carbocycles. The number of hydrogen-bond donors (Lipinski definition) is 1. The number of methoxy groups -OCH3 is 1. The summed E-state index contributed by atoms with van der Waals surface area (Å²) >= 11 is 3.51. The van der Waals surface area contributed by atoms with Gasteiger partial charge in [-0.3, -0.25) is 14.5 Å².